The van der Waals surface area contributed by atoms with Crippen molar-refractivity contribution in [2.75, 3.05) is 12.4 Å². The van der Waals surface area contributed by atoms with Gasteiger partial charge in [0, 0.05) is 36.6 Å². The highest BCUT2D eigenvalue weighted by atomic mass is 16.4. The number of aliphatic carboxylic acids is 1. The smallest absolute Gasteiger partial charge is 0.339 e. The van der Waals surface area contributed by atoms with E-state index in [1.807, 2.05) is 19.2 Å². The molecule has 0 heterocycles. The molecule has 4 unspecified atom stereocenters. The Morgan fingerprint density at radius 1 is 1.08 bits per heavy atom. The summed E-state index contributed by atoms with van der Waals surface area (Å²) in [5.41, 5.74) is 2.76. The second-order valence-corrected chi connectivity index (χ2v) is 11.2. The summed E-state index contributed by atoms with van der Waals surface area (Å²) in [7, 11) is 2.05. The van der Waals surface area contributed by atoms with Crippen molar-refractivity contribution in [3.63, 3.8) is 0 Å². The molecule has 0 bridgehead atoms. The SMILES string of the molecule is CCCC1CCCCC1N(C)C(=O)C1CCCC(c2cccc(N/C(=C(\C=N)C(=O)O)C3CC3)c2)C1. The number of allylic oxidation sites excluding steroid dienone is 1. The lowest BCUT2D eigenvalue weighted by Gasteiger charge is -2.40. The number of carboxylic acids is 1. The highest BCUT2D eigenvalue weighted by molar-refractivity contribution is 6.08. The second kappa shape index (κ2) is 12.1. The number of nitrogens with zero attached hydrogens (tertiary/aromatic N) is 1. The highest BCUT2D eigenvalue weighted by Gasteiger charge is 2.36. The van der Waals surface area contributed by atoms with Gasteiger partial charge in [-0.25, -0.2) is 4.79 Å². The van der Waals surface area contributed by atoms with Crippen LogP contribution in [0.4, 0.5) is 5.69 Å². The van der Waals surface area contributed by atoms with Gasteiger partial charge in [0.25, 0.3) is 0 Å². The molecule has 36 heavy (non-hydrogen) atoms. The number of amides is 1. The van der Waals surface area contributed by atoms with E-state index in [1.165, 1.54) is 37.7 Å². The quantitative estimate of drug-likeness (QED) is 0.253. The molecule has 1 amide bonds. The van der Waals surface area contributed by atoms with E-state index in [4.69, 9.17) is 5.41 Å². The number of carboxylic acid groups (broad SMARTS) is 1. The maximum atomic E-state index is 13.6. The molecule has 4 atom stereocenters. The van der Waals surface area contributed by atoms with E-state index in [0.29, 0.717) is 29.5 Å². The highest BCUT2D eigenvalue weighted by Crippen LogP contribution is 2.41. The molecular formula is C30H43N3O3. The van der Waals surface area contributed by atoms with Crippen LogP contribution in [0.1, 0.15) is 95.5 Å². The number of hydrogen-bond acceptors (Lipinski definition) is 4. The van der Waals surface area contributed by atoms with Crippen LogP contribution in [-0.2, 0) is 9.59 Å². The van der Waals surface area contributed by atoms with E-state index >= 15 is 0 Å². The van der Waals surface area contributed by atoms with Crippen LogP contribution in [0.15, 0.2) is 35.5 Å². The van der Waals surface area contributed by atoms with Gasteiger partial charge in [0.05, 0.1) is 5.57 Å². The predicted octanol–water partition coefficient (Wildman–Crippen LogP) is 6.59. The topological polar surface area (TPSA) is 93.5 Å². The van der Waals surface area contributed by atoms with Gasteiger partial charge in [0.1, 0.15) is 0 Å². The first-order valence-electron chi connectivity index (χ1n) is 14.0. The molecule has 0 aliphatic heterocycles. The monoisotopic (exact) mass is 493 g/mol. The van der Waals surface area contributed by atoms with Gasteiger partial charge in [0.15, 0.2) is 0 Å². The normalized spacial score (nSPS) is 27.1. The minimum Gasteiger partial charge on any atom is -0.478 e. The van der Waals surface area contributed by atoms with Crippen LogP contribution in [0.3, 0.4) is 0 Å². The molecule has 3 aliphatic carbocycles. The lowest BCUT2D eigenvalue weighted by molar-refractivity contribution is -0.139. The zero-order valence-corrected chi connectivity index (χ0v) is 22.0. The summed E-state index contributed by atoms with van der Waals surface area (Å²) in [6.07, 6.45) is 14.1. The molecule has 3 saturated carbocycles. The summed E-state index contributed by atoms with van der Waals surface area (Å²) >= 11 is 0. The van der Waals surface area contributed by atoms with Crippen LogP contribution >= 0.6 is 0 Å². The second-order valence-electron chi connectivity index (χ2n) is 11.2. The van der Waals surface area contributed by atoms with Crippen molar-refractivity contribution >= 4 is 23.8 Å². The van der Waals surface area contributed by atoms with Gasteiger partial charge in [-0.3, -0.25) is 4.79 Å². The van der Waals surface area contributed by atoms with Crippen molar-refractivity contribution in [3.05, 3.63) is 41.1 Å². The number of benzene rings is 1. The van der Waals surface area contributed by atoms with Crippen LogP contribution in [-0.4, -0.2) is 41.2 Å². The molecule has 0 saturated heterocycles. The summed E-state index contributed by atoms with van der Waals surface area (Å²) in [5.74, 6) is 0.504. The van der Waals surface area contributed by atoms with Crippen LogP contribution in [0.5, 0.6) is 0 Å². The lowest BCUT2D eigenvalue weighted by Crippen LogP contribution is -2.46. The van der Waals surface area contributed by atoms with Gasteiger partial charge in [-0.2, -0.15) is 0 Å². The fourth-order valence-electron chi connectivity index (χ4n) is 6.62. The molecule has 3 aliphatic rings. The molecule has 4 rings (SSSR count). The van der Waals surface area contributed by atoms with E-state index in [2.05, 4.69) is 29.3 Å². The average molecular weight is 494 g/mol. The summed E-state index contributed by atoms with van der Waals surface area (Å²) in [4.78, 5) is 27.4. The molecule has 3 fully saturated rings. The average Bonchev–Trinajstić information content (AvgIpc) is 3.74. The molecule has 0 spiro atoms. The summed E-state index contributed by atoms with van der Waals surface area (Å²) < 4.78 is 0. The molecule has 6 nitrogen and oxygen atoms in total. The van der Waals surface area contributed by atoms with Crippen molar-refractivity contribution in [3.8, 4) is 0 Å². The Labute approximate surface area is 216 Å². The standard InChI is InChI=1S/C30H43N3O3/c1-3-8-20-9-4-5-14-27(20)33(2)29(34)24-12-6-10-22(17-24)23-11-7-13-25(18-23)32-28(21-15-16-21)26(19-31)30(35)36/h7,11,13,18-22,24,27,31-32H,3-6,8-10,12,14-17H2,1-2H3,(H,35,36)/b28-26+,31-19?. The molecule has 196 valence electrons. The van der Waals surface area contributed by atoms with E-state index in [0.717, 1.165) is 56.8 Å². The first-order valence-corrected chi connectivity index (χ1v) is 14.0. The molecule has 0 aromatic heterocycles. The van der Waals surface area contributed by atoms with E-state index in [-0.39, 0.29) is 17.4 Å². The number of carbonyl (C=O) groups is 2. The van der Waals surface area contributed by atoms with E-state index in [9.17, 15) is 14.7 Å². The zero-order valence-electron chi connectivity index (χ0n) is 22.0. The fraction of sp³-hybridized carbons (Fsp3) is 0.633. The van der Waals surface area contributed by atoms with Gasteiger partial charge in [-0.15, -0.1) is 0 Å². The predicted molar refractivity (Wildman–Crippen MR) is 144 cm³/mol. The van der Waals surface area contributed by atoms with Crippen LogP contribution in [0, 0.1) is 23.2 Å². The van der Waals surface area contributed by atoms with Crippen LogP contribution in [0.25, 0.3) is 0 Å². The summed E-state index contributed by atoms with van der Waals surface area (Å²) in [6.45, 7) is 2.25. The van der Waals surface area contributed by atoms with Gasteiger partial charge >= 0.3 is 5.97 Å². The first kappa shape index (κ1) is 26.4. The van der Waals surface area contributed by atoms with Gasteiger partial charge in [-0.1, -0.05) is 44.7 Å². The number of nitrogens with one attached hydrogen (secondary N) is 2. The third-order valence-corrected chi connectivity index (χ3v) is 8.68. The van der Waals surface area contributed by atoms with Crippen LogP contribution < -0.4 is 5.32 Å². The number of carbonyl (C=O) groups excluding carboxylic acids is 1. The molecule has 1 aromatic rings. The van der Waals surface area contributed by atoms with Crippen molar-refractivity contribution in [1.29, 1.82) is 5.41 Å². The van der Waals surface area contributed by atoms with Gasteiger partial charge < -0.3 is 20.7 Å². The van der Waals surface area contributed by atoms with E-state index < -0.39 is 5.97 Å². The molecular weight excluding hydrogens is 450 g/mol. The molecule has 0 radical (unpaired) electrons. The third kappa shape index (κ3) is 6.19. The first-order chi connectivity index (χ1) is 17.4. The fourth-order valence-corrected chi connectivity index (χ4v) is 6.62. The van der Waals surface area contributed by atoms with Crippen molar-refractivity contribution in [2.45, 2.75) is 95.9 Å². The lowest BCUT2D eigenvalue weighted by atomic mass is 9.76. The van der Waals surface area contributed by atoms with Crippen LogP contribution in [0.2, 0.25) is 0 Å². The summed E-state index contributed by atoms with van der Waals surface area (Å²) in [6, 6.07) is 8.63. The molecule has 1 aromatic carbocycles. The van der Waals surface area contributed by atoms with E-state index in [1.54, 1.807) is 0 Å². The molecule has 6 heteroatoms. The Morgan fingerprint density at radius 3 is 2.56 bits per heavy atom. The third-order valence-electron chi connectivity index (χ3n) is 8.68. The molecule has 3 N–H and O–H groups in total. The minimum absolute atomic E-state index is 0.0401. The van der Waals surface area contributed by atoms with Gasteiger partial charge in [0.2, 0.25) is 5.91 Å². The Bertz CT molecular complexity index is 981. The maximum Gasteiger partial charge on any atom is 0.339 e. The van der Waals surface area contributed by atoms with Crippen molar-refractivity contribution in [2.24, 2.45) is 17.8 Å². The Morgan fingerprint density at radius 2 is 1.86 bits per heavy atom. The van der Waals surface area contributed by atoms with Gasteiger partial charge in [-0.05, 0) is 86.8 Å². The number of rotatable bonds is 10. The van der Waals surface area contributed by atoms with Crippen molar-refractivity contribution < 1.29 is 14.7 Å². The maximum absolute atomic E-state index is 13.6. The number of anilines is 1. The largest absolute Gasteiger partial charge is 0.478 e. The Balaban J connectivity index is 1.45. The zero-order chi connectivity index (χ0) is 25.7. The summed E-state index contributed by atoms with van der Waals surface area (Å²) in [5, 5.41) is 20.5. The Kier molecular flexibility index (Phi) is 8.86. The minimum atomic E-state index is -1.06. The van der Waals surface area contributed by atoms with Crippen molar-refractivity contribution in [1.82, 2.24) is 4.90 Å². The number of hydrogen-bond donors (Lipinski definition) is 3. The Hall–Kier alpha value is -2.63.